The number of hydrogen-bond donors (Lipinski definition) is 3. The lowest BCUT2D eigenvalue weighted by molar-refractivity contribution is 0.0956. The zero-order valence-electron chi connectivity index (χ0n) is 9.93. The number of amides is 1. The monoisotopic (exact) mass is 266 g/mol. The number of nitrogens with zero attached hydrogens (tertiary/aromatic N) is 2. The lowest BCUT2D eigenvalue weighted by atomic mass is 10.3. The van der Waals surface area contributed by atoms with Crippen LogP contribution in [0, 0.1) is 6.92 Å². The van der Waals surface area contributed by atoms with Gasteiger partial charge in [-0.05, 0) is 13.3 Å². The Hall–Kier alpha value is -1.73. The third-order valence-electron chi connectivity index (χ3n) is 2.43. The first-order valence-electron chi connectivity index (χ1n) is 5.54. The summed E-state index contributed by atoms with van der Waals surface area (Å²) in [5.74, 6) is 0.414. The number of nitrogen functional groups attached to an aromatic ring is 1. The maximum atomic E-state index is 11.9. The second kappa shape index (κ2) is 5.28. The lowest BCUT2D eigenvalue weighted by Gasteiger charge is -2.02. The third-order valence-corrected chi connectivity index (χ3v) is 3.55. The maximum Gasteiger partial charge on any atom is 0.263 e. The van der Waals surface area contributed by atoms with E-state index in [2.05, 4.69) is 15.3 Å². The Bertz CT molecular complexity index is 582. The van der Waals surface area contributed by atoms with Crippen LogP contribution >= 0.6 is 11.3 Å². The van der Waals surface area contributed by atoms with Crippen LogP contribution in [0.15, 0.2) is 6.20 Å². The molecule has 0 aromatic carbocycles. The minimum atomic E-state index is -0.235. The van der Waals surface area contributed by atoms with Gasteiger partial charge in [0.15, 0.2) is 0 Å². The number of hydrogen-bond acceptors (Lipinski definition) is 6. The van der Waals surface area contributed by atoms with Crippen LogP contribution in [0.5, 0.6) is 0 Å². The van der Waals surface area contributed by atoms with Crippen molar-refractivity contribution in [2.45, 2.75) is 13.3 Å². The molecule has 0 saturated carbocycles. The normalized spacial score (nSPS) is 10.8. The van der Waals surface area contributed by atoms with Crippen molar-refractivity contribution in [3.05, 3.63) is 16.9 Å². The molecule has 18 heavy (non-hydrogen) atoms. The Balaban J connectivity index is 2.28. The van der Waals surface area contributed by atoms with Crippen LogP contribution in [0.25, 0.3) is 10.2 Å². The number of carbonyl (C=O) groups excluding carboxylic acids is 1. The number of aliphatic hydroxyl groups is 1. The van der Waals surface area contributed by atoms with Crippen LogP contribution in [0.3, 0.4) is 0 Å². The summed E-state index contributed by atoms with van der Waals surface area (Å²) in [4.78, 5) is 21.4. The predicted molar refractivity (Wildman–Crippen MR) is 70.6 cm³/mol. The van der Waals surface area contributed by atoms with Crippen molar-refractivity contribution >= 4 is 33.1 Å². The van der Waals surface area contributed by atoms with E-state index < -0.39 is 0 Å². The second-order valence-electron chi connectivity index (χ2n) is 3.81. The van der Waals surface area contributed by atoms with Crippen molar-refractivity contribution in [2.75, 3.05) is 18.9 Å². The highest BCUT2D eigenvalue weighted by Crippen LogP contribution is 2.31. The molecule has 0 unspecified atom stereocenters. The predicted octanol–water partition coefficient (Wildman–Crippen LogP) is 0.694. The molecule has 0 radical (unpaired) electrons. The van der Waals surface area contributed by atoms with Crippen LogP contribution in [0.2, 0.25) is 0 Å². The van der Waals surface area contributed by atoms with E-state index in [1.807, 2.05) is 0 Å². The number of nitrogens with two attached hydrogens (primary N) is 1. The van der Waals surface area contributed by atoms with E-state index in [9.17, 15) is 4.79 Å². The van der Waals surface area contributed by atoms with Gasteiger partial charge in [0.05, 0.1) is 11.1 Å². The molecule has 96 valence electrons. The molecule has 2 heterocycles. The summed E-state index contributed by atoms with van der Waals surface area (Å²) in [5.41, 5.74) is 6.33. The van der Waals surface area contributed by atoms with Crippen LogP contribution in [-0.2, 0) is 0 Å². The van der Waals surface area contributed by atoms with Gasteiger partial charge in [0, 0.05) is 19.3 Å². The van der Waals surface area contributed by atoms with E-state index >= 15 is 0 Å². The zero-order valence-corrected chi connectivity index (χ0v) is 10.8. The minimum absolute atomic E-state index is 0.0485. The van der Waals surface area contributed by atoms with Gasteiger partial charge in [-0.1, -0.05) is 0 Å². The van der Waals surface area contributed by atoms with Crippen LogP contribution in [0.4, 0.5) is 5.69 Å². The van der Waals surface area contributed by atoms with E-state index in [4.69, 9.17) is 10.8 Å². The fraction of sp³-hybridized carbons (Fsp3) is 0.364. The fourth-order valence-electron chi connectivity index (χ4n) is 1.52. The van der Waals surface area contributed by atoms with Crippen molar-refractivity contribution in [2.24, 2.45) is 0 Å². The number of nitrogens with one attached hydrogen (secondary N) is 1. The Labute approximate surface area is 108 Å². The molecule has 0 bridgehead atoms. The van der Waals surface area contributed by atoms with Crippen molar-refractivity contribution in [3.63, 3.8) is 0 Å². The number of anilines is 1. The number of aliphatic hydroxyl groups excluding tert-OH is 1. The SMILES string of the molecule is Cc1ncc2c(N)c(C(=O)NCCCO)sc2n1. The first-order chi connectivity index (χ1) is 8.63. The van der Waals surface area contributed by atoms with Crippen molar-refractivity contribution in [3.8, 4) is 0 Å². The number of thiophene rings is 1. The molecule has 0 spiro atoms. The van der Waals surface area contributed by atoms with Gasteiger partial charge in [0.2, 0.25) is 0 Å². The summed E-state index contributed by atoms with van der Waals surface area (Å²) in [6.45, 7) is 2.26. The molecule has 0 saturated heterocycles. The summed E-state index contributed by atoms with van der Waals surface area (Å²) in [6.07, 6.45) is 2.16. The van der Waals surface area contributed by atoms with Gasteiger partial charge in [0.1, 0.15) is 15.5 Å². The Morgan fingerprint density at radius 2 is 2.39 bits per heavy atom. The first-order valence-corrected chi connectivity index (χ1v) is 6.36. The van der Waals surface area contributed by atoms with E-state index in [1.165, 1.54) is 11.3 Å². The summed E-state index contributed by atoms with van der Waals surface area (Å²) >= 11 is 1.25. The van der Waals surface area contributed by atoms with Crippen molar-refractivity contribution < 1.29 is 9.90 Å². The average molecular weight is 266 g/mol. The molecular weight excluding hydrogens is 252 g/mol. The molecule has 2 aromatic heterocycles. The molecule has 2 rings (SSSR count). The highest BCUT2D eigenvalue weighted by Gasteiger charge is 2.17. The van der Waals surface area contributed by atoms with Gasteiger partial charge in [-0.3, -0.25) is 4.79 Å². The highest BCUT2D eigenvalue weighted by molar-refractivity contribution is 7.21. The molecule has 1 amide bonds. The Morgan fingerprint density at radius 3 is 3.11 bits per heavy atom. The van der Waals surface area contributed by atoms with Crippen LogP contribution in [-0.4, -0.2) is 34.1 Å². The number of rotatable bonds is 4. The zero-order chi connectivity index (χ0) is 13.1. The Morgan fingerprint density at radius 1 is 1.61 bits per heavy atom. The van der Waals surface area contributed by atoms with Gasteiger partial charge in [-0.15, -0.1) is 11.3 Å². The quantitative estimate of drug-likeness (QED) is 0.707. The van der Waals surface area contributed by atoms with Gasteiger partial charge in [-0.2, -0.15) is 0 Å². The number of aryl methyl sites for hydroxylation is 1. The number of carbonyl (C=O) groups is 1. The first kappa shape index (κ1) is 12.7. The van der Waals surface area contributed by atoms with E-state index in [0.29, 0.717) is 39.6 Å². The average Bonchev–Trinajstić information content (AvgIpc) is 2.66. The molecule has 6 nitrogen and oxygen atoms in total. The number of fused-ring (bicyclic) bond motifs is 1. The summed E-state index contributed by atoms with van der Waals surface area (Å²) in [7, 11) is 0. The smallest absolute Gasteiger partial charge is 0.263 e. The molecule has 0 fully saturated rings. The lowest BCUT2D eigenvalue weighted by Crippen LogP contribution is -2.24. The largest absolute Gasteiger partial charge is 0.397 e. The fourth-order valence-corrected chi connectivity index (χ4v) is 2.54. The molecule has 4 N–H and O–H groups in total. The Kier molecular flexibility index (Phi) is 3.73. The van der Waals surface area contributed by atoms with E-state index in [0.717, 1.165) is 0 Å². The molecule has 0 atom stereocenters. The molecule has 2 aromatic rings. The van der Waals surface area contributed by atoms with Crippen molar-refractivity contribution in [1.29, 1.82) is 0 Å². The second-order valence-corrected chi connectivity index (χ2v) is 4.81. The molecule has 7 heteroatoms. The standard InChI is InChI=1S/C11H14N4O2S/c1-6-14-5-7-8(12)9(18-11(7)15-6)10(17)13-3-2-4-16/h5,16H,2-4,12H2,1H3,(H,13,17). The molecule has 0 aliphatic carbocycles. The maximum absolute atomic E-state index is 11.9. The van der Waals surface area contributed by atoms with Gasteiger partial charge in [-0.25, -0.2) is 9.97 Å². The number of aromatic nitrogens is 2. The summed E-state index contributed by atoms with van der Waals surface area (Å²) < 4.78 is 0. The van der Waals surface area contributed by atoms with E-state index in [-0.39, 0.29) is 12.5 Å². The third kappa shape index (κ3) is 2.41. The molecule has 0 aliphatic heterocycles. The van der Waals surface area contributed by atoms with Gasteiger partial charge >= 0.3 is 0 Å². The molecule has 0 aliphatic rings. The summed E-state index contributed by atoms with van der Waals surface area (Å²) in [5, 5.41) is 12.1. The topological polar surface area (TPSA) is 101 Å². The van der Waals surface area contributed by atoms with Gasteiger partial charge < -0.3 is 16.2 Å². The van der Waals surface area contributed by atoms with Crippen molar-refractivity contribution in [1.82, 2.24) is 15.3 Å². The van der Waals surface area contributed by atoms with E-state index in [1.54, 1.807) is 13.1 Å². The highest BCUT2D eigenvalue weighted by atomic mass is 32.1. The van der Waals surface area contributed by atoms with Gasteiger partial charge in [0.25, 0.3) is 5.91 Å². The minimum Gasteiger partial charge on any atom is -0.397 e. The van der Waals surface area contributed by atoms with Crippen LogP contribution < -0.4 is 11.1 Å². The summed E-state index contributed by atoms with van der Waals surface area (Å²) in [6, 6.07) is 0. The molecular formula is C11H14N4O2S. The van der Waals surface area contributed by atoms with Crippen LogP contribution in [0.1, 0.15) is 21.9 Å².